The zero-order chi connectivity index (χ0) is 9.26. The number of para-hydroxylation sites is 1. The minimum absolute atomic E-state index is 0.0297. The van der Waals surface area contributed by atoms with Crippen LogP contribution in [0.1, 0.15) is 0 Å². The molecule has 0 amide bonds. The van der Waals surface area contributed by atoms with E-state index in [9.17, 15) is 0 Å². The van der Waals surface area contributed by atoms with E-state index in [0.717, 1.165) is 16.6 Å². The summed E-state index contributed by atoms with van der Waals surface area (Å²) in [5, 5.41) is 3.94. The Balaban J connectivity index is 2.54. The topological polar surface area (TPSA) is 51.6 Å². The number of anilines is 1. The number of hydrogen-bond acceptors (Lipinski definition) is 1. The van der Waals surface area contributed by atoms with E-state index in [-0.39, 0.29) is 5.11 Å². The molecule has 0 atom stereocenters. The molecule has 1 aromatic heterocycles. The fourth-order valence-electron chi connectivity index (χ4n) is 1.31. The summed E-state index contributed by atoms with van der Waals surface area (Å²) < 4.78 is 0. The van der Waals surface area contributed by atoms with Crippen LogP contribution >= 0.6 is 12.2 Å². The lowest BCUT2D eigenvalue weighted by Gasteiger charge is -2.03. The standard InChI is InChI=1S/C9H8N3S/c10-9(13)12-7-3-1-2-6-4-5-11-8(6)7/h1-5,10-11H,(H,12,13). The fourth-order valence-corrected chi connectivity index (χ4v) is 1.42. The van der Waals surface area contributed by atoms with Gasteiger partial charge in [0.15, 0.2) is 5.11 Å². The van der Waals surface area contributed by atoms with Gasteiger partial charge in [-0.05, 0) is 24.4 Å². The molecule has 0 aliphatic heterocycles. The van der Waals surface area contributed by atoms with Crippen LogP contribution in [0.25, 0.3) is 10.9 Å². The van der Waals surface area contributed by atoms with Gasteiger partial charge in [-0.2, -0.15) is 0 Å². The lowest BCUT2D eigenvalue weighted by Crippen LogP contribution is -2.09. The van der Waals surface area contributed by atoms with Crippen LogP contribution < -0.4 is 11.1 Å². The molecule has 0 unspecified atom stereocenters. The van der Waals surface area contributed by atoms with Crippen molar-refractivity contribution < 1.29 is 0 Å². The van der Waals surface area contributed by atoms with Crippen LogP contribution in [-0.4, -0.2) is 10.1 Å². The molecule has 3 nitrogen and oxygen atoms in total. The highest BCUT2D eigenvalue weighted by molar-refractivity contribution is 7.80. The number of nitrogens with one attached hydrogen (secondary N) is 3. The van der Waals surface area contributed by atoms with Crippen molar-refractivity contribution in [1.82, 2.24) is 10.7 Å². The number of rotatable bonds is 1. The molecule has 1 aromatic carbocycles. The first-order valence-electron chi connectivity index (χ1n) is 3.86. The molecular weight excluding hydrogens is 182 g/mol. The van der Waals surface area contributed by atoms with Gasteiger partial charge in [0.2, 0.25) is 0 Å². The third-order valence-corrected chi connectivity index (χ3v) is 1.94. The first kappa shape index (κ1) is 8.07. The van der Waals surface area contributed by atoms with E-state index in [1.54, 1.807) is 0 Å². The predicted molar refractivity (Wildman–Crippen MR) is 57.6 cm³/mol. The van der Waals surface area contributed by atoms with E-state index in [0.29, 0.717) is 0 Å². The van der Waals surface area contributed by atoms with Gasteiger partial charge < -0.3 is 10.3 Å². The van der Waals surface area contributed by atoms with Crippen molar-refractivity contribution in [2.75, 3.05) is 5.32 Å². The Morgan fingerprint density at radius 2 is 2.23 bits per heavy atom. The molecule has 0 aliphatic rings. The van der Waals surface area contributed by atoms with E-state index in [2.05, 4.69) is 22.5 Å². The number of aromatic nitrogens is 1. The Morgan fingerprint density at radius 3 is 3.00 bits per heavy atom. The van der Waals surface area contributed by atoms with Crippen molar-refractivity contribution in [3.63, 3.8) is 0 Å². The summed E-state index contributed by atoms with van der Waals surface area (Å²) >= 11 is 4.66. The molecule has 2 aromatic rings. The first-order valence-corrected chi connectivity index (χ1v) is 4.27. The minimum Gasteiger partial charge on any atom is -0.359 e. The third-order valence-electron chi connectivity index (χ3n) is 1.84. The number of hydrogen-bond donors (Lipinski definition) is 2. The summed E-state index contributed by atoms with van der Waals surface area (Å²) in [5.41, 5.74) is 8.98. The number of aromatic amines is 1. The van der Waals surface area contributed by atoms with E-state index < -0.39 is 0 Å². The molecule has 65 valence electrons. The zero-order valence-electron chi connectivity index (χ0n) is 6.79. The first-order chi connectivity index (χ1) is 6.27. The van der Waals surface area contributed by atoms with Crippen molar-refractivity contribution in [3.05, 3.63) is 30.5 Å². The van der Waals surface area contributed by atoms with E-state index in [1.807, 2.05) is 30.5 Å². The average Bonchev–Trinajstić information content (AvgIpc) is 2.51. The fraction of sp³-hybridized carbons (Fsp3) is 0. The lowest BCUT2D eigenvalue weighted by atomic mass is 10.2. The normalized spacial score (nSPS) is 10.2. The monoisotopic (exact) mass is 190 g/mol. The van der Waals surface area contributed by atoms with Crippen LogP contribution in [0.2, 0.25) is 0 Å². The molecule has 2 rings (SSSR count). The highest BCUT2D eigenvalue weighted by Gasteiger charge is 2.00. The van der Waals surface area contributed by atoms with E-state index in [1.165, 1.54) is 0 Å². The molecule has 0 spiro atoms. The molecule has 0 fully saturated rings. The summed E-state index contributed by atoms with van der Waals surface area (Å²) in [6, 6.07) is 7.80. The number of H-pyrrole nitrogens is 1. The lowest BCUT2D eigenvalue weighted by molar-refractivity contribution is 1.47. The average molecular weight is 190 g/mol. The van der Waals surface area contributed by atoms with Crippen LogP contribution in [-0.2, 0) is 0 Å². The molecule has 0 saturated carbocycles. The minimum atomic E-state index is 0.0297. The highest BCUT2D eigenvalue weighted by Crippen LogP contribution is 2.21. The van der Waals surface area contributed by atoms with Crippen LogP contribution in [0.4, 0.5) is 5.69 Å². The molecule has 3 N–H and O–H groups in total. The Kier molecular flexibility index (Phi) is 1.90. The second kappa shape index (κ2) is 3.06. The van der Waals surface area contributed by atoms with E-state index >= 15 is 0 Å². The maximum atomic E-state index is 7.15. The van der Waals surface area contributed by atoms with Crippen molar-refractivity contribution >= 4 is 33.9 Å². The van der Waals surface area contributed by atoms with Gasteiger partial charge in [-0.3, -0.25) is 5.73 Å². The Labute approximate surface area is 80.9 Å². The molecule has 0 saturated heterocycles. The third kappa shape index (κ3) is 1.48. The van der Waals surface area contributed by atoms with Crippen LogP contribution in [0.3, 0.4) is 0 Å². The summed E-state index contributed by atoms with van der Waals surface area (Å²) in [6.45, 7) is 0. The molecular formula is C9H8N3S. The van der Waals surface area contributed by atoms with Crippen molar-refractivity contribution in [2.24, 2.45) is 0 Å². The highest BCUT2D eigenvalue weighted by atomic mass is 32.1. The van der Waals surface area contributed by atoms with Crippen LogP contribution in [0, 0.1) is 0 Å². The van der Waals surface area contributed by atoms with Gasteiger partial charge in [-0.25, -0.2) is 0 Å². The van der Waals surface area contributed by atoms with Gasteiger partial charge in [0.1, 0.15) is 0 Å². The predicted octanol–water partition coefficient (Wildman–Crippen LogP) is 2.15. The number of benzene rings is 1. The Hall–Kier alpha value is -1.55. The van der Waals surface area contributed by atoms with Crippen molar-refractivity contribution in [2.45, 2.75) is 0 Å². The van der Waals surface area contributed by atoms with Crippen LogP contribution in [0.15, 0.2) is 30.5 Å². The SMILES string of the molecule is [NH]C(=S)Nc1cccc2cc[nH]c12. The molecule has 1 heterocycles. The maximum absolute atomic E-state index is 7.15. The quantitative estimate of drug-likeness (QED) is 0.677. The second-order valence-corrected chi connectivity index (χ2v) is 3.11. The zero-order valence-corrected chi connectivity index (χ0v) is 7.61. The smallest absolute Gasteiger partial charge is 0.189 e. The summed E-state index contributed by atoms with van der Waals surface area (Å²) in [5.74, 6) is 0. The number of thiocarbonyl (C=S) groups is 1. The van der Waals surface area contributed by atoms with Gasteiger partial charge in [0.05, 0.1) is 11.2 Å². The van der Waals surface area contributed by atoms with E-state index in [4.69, 9.17) is 5.73 Å². The Bertz CT molecular complexity index is 447. The number of fused-ring (bicyclic) bond motifs is 1. The molecule has 4 heteroatoms. The molecule has 1 radical (unpaired) electrons. The van der Waals surface area contributed by atoms with Gasteiger partial charge in [-0.1, -0.05) is 12.1 Å². The van der Waals surface area contributed by atoms with Crippen LogP contribution in [0.5, 0.6) is 0 Å². The second-order valence-electron chi connectivity index (χ2n) is 2.70. The Morgan fingerprint density at radius 1 is 1.38 bits per heavy atom. The summed E-state index contributed by atoms with van der Waals surface area (Å²) in [6.07, 6.45) is 1.86. The van der Waals surface area contributed by atoms with Gasteiger partial charge in [0, 0.05) is 11.6 Å². The van der Waals surface area contributed by atoms with Crippen molar-refractivity contribution in [1.29, 1.82) is 0 Å². The largest absolute Gasteiger partial charge is 0.359 e. The summed E-state index contributed by atoms with van der Waals surface area (Å²) in [4.78, 5) is 3.09. The maximum Gasteiger partial charge on any atom is 0.189 e. The molecule has 0 aliphatic carbocycles. The van der Waals surface area contributed by atoms with Gasteiger partial charge in [0.25, 0.3) is 0 Å². The molecule has 0 bridgehead atoms. The molecule has 13 heavy (non-hydrogen) atoms. The summed E-state index contributed by atoms with van der Waals surface area (Å²) in [7, 11) is 0. The van der Waals surface area contributed by atoms with Crippen molar-refractivity contribution in [3.8, 4) is 0 Å². The van der Waals surface area contributed by atoms with Gasteiger partial charge in [-0.15, -0.1) is 0 Å². The van der Waals surface area contributed by atoms with Gasteiger partial charge >= 0.3 is 0 Å².